The van der Waals surface area contributed by atoms with Crippen LogP contribution in [0.2, 0.25) is 0 Å². The second-order valence-corrected chi connectivity index (χ2v) is 7.14. The lowest BCUT2D eigenvalue weighted by Gasteiger charge is -2.46. The standard InChI is InChI=1S/C15H26O13S/c1-6-12(23-3)14(27-28-29(20)21)11(19)15(25-6)26-13-8(24-5-16)4-7(22-2)9(17)10(13)18/h5-15,17-19H,4H2,1-3H3,(H,20,21)/p-1. The van der Waals surface area contributed by atoms with Gasteiger partial charge in [0.2, 0.25) is 0 Å². The minimum Gasteiger partial charge on any atom is -0.748 e. The number of carbonyl (C=O) groups is 1. The third kappa shape index (κ3) is 5.68. The number of hydrogen-bond donors (Lipinski definition) is 3. The molecule has 11 atom stereocenters. The fraction of sp³-hybridized carbons (Fsp3) is 0.933. The van der Waals surface area contributed by atoms with Crippen molar-refractivity contribution in [2.75, 3.05) is 14.2 Å². The van der Waals surface area contributed by atoms with Crippen molar-refractivity contribution in [3.8, 4) is 0 Å². The van der Waals surface area contributed by atoms with E-state index in [2.05, 4.69) is 4.33 Å². The first kappa shape index (κ1) is 24.5. The molecule has 2 aliphatic rings. The summed E-state index contributed by atoms with van der Waals surface area (Å²) in [4.78, 5) is 15.6. The Morgan fingerprint density at radius 3 is 2.28 bits per heavy atom. The fourth-order valence-corrected chi connectivity index (χ4v) is 3.67. The molecule has 3 N–H and O–H groups in total. The molecule has 0 amide bonds. The number of aliphatic hydroxyl groups excluding tert-OH is 3. The summed E-state index contributed by atoms with van der Waals surface area (Å²) in [5.74, 6) is 0. The van der Waals surface area contributed by atoms with Crippen LogP contribution < -0.4 is 0 Å². The average molecular weight is 445 g/mol. The molecular weight excluding hydrogens is 420 g/mol. The Labute approximate surface area is 169 Å². The molecule has 2 fully saturated rings. The fourth-order valence-electron chi connectivity index (χ4n) is 3.51. The molecule has 0 aromatic heterocycles. The highest BCUT2D eigenvalue weighted by molar-refractivity contribution is 7.73. The smallest absolute Gasteiger partial charge is 0.293 e. The molecule has 1 saturated carbocycles. The van der Waals surface area contributed by atoms with Crippen molar-refractivity contribution in [1.29, 1.82) is 0 Å². The number of rotatable bonds is 9. The molecule has 29 heavy (non-hydrogen) atoms. The lowest BCUT2D eigenvalue weighted by atomic mass is 9.86. The zero-order chi connectivity index (χ0) is 21.7. The van der Waals surface area contributed by atoms with Gasteiger partial charge in [0, 0.05) is 20.6 Å². The van der Waals surface area contributed by atoms with E-state index in [4.69, 9.17) is 28.6 Å². The molecule has 0 bridgehead atoms. The monoisotopic (exact) mass is 445 g/mol. The number of methoxy groups -OCH3 is 2. The van der Waals surface area contributed by atoms with Crippen molar-refractivity contribution in [3.05, 3.63) is 0 Å². The molecule has 0 spiro atoms. The molecule has 0 aromatic rings. The van der Waals surface area contributed by atoms with Gasteiger partial charge in [0.25, 0.3) is 6.47 Å². The summed E-state index contributed by atoms with van der Waals surface area (Å²) < 4.78 is 51.7. The number of hydrogen-bond acceptors (Lipinski definition) is 13. The molecule has 0 aromatic carbocycles. The Morgan fingerprint density at radius 2 is 1.72 bits per heavy atom. The van der Waals surface area contributed by atoms with Crippen molar-refractivity contribution < 1.29 is 61.8 Å². The van der Waals surface area contributed by atoms with Crippen LogP contribution in [0.4, 0.5) is 0 Å². The Bertz CT molecular complexity index is 550. The normalized spacial score (nSPS) is 44.2. The third-order valence-corrected chi connectivity index (χ3v) is 5.14. The van der Waals surface area contributed by atoms with Gasteiger partial charge in [0.15, 0.2) is 12.4 Å². The first-order chi connectivity index (χ1) is 13.7. The van der Waals surface area contributed by atoms with Crippen LogP contribution in [-0.2, 0) is 49.1 Å². The Hall–Kier alpha value is -0.780. The van der Waals surface area contributed by atoms with Gasteiger partial charge >= 0.3 is 0 Å². The first-order valence-corrected chi connectivity index (χ1v) is 9.68. The van der Waals surface area contributed by atoms with Crippen LogP contribution in [0.15, 0.2) is 0 Å². The summed E-state index contributed by atoms with van der Waals surface area (Å²) in [7, 11) is 2.62. The number of carbonyl (C=O) groups excluding carboxylic acids is 1. The van der Waals surface area contributed by atoms with Gasteiger partial charge in [-0.15, -0.1) is 4.33 Å². The van der Waals surface area contributed by atoms with Gasteiger partial charge in [0.1, 0.15) is 48.0 Å². The average Bonchev–Trinajstić information content (AvgIpc) is 2.68. The zero-order valence-corrected chi connectivity index (χ0v) is 16.7. The second-order valence-electron chi connectivity index (χ2n) is 6.60. The lowest BCUT2D eigenvalue weighted by Crippen LogP contribution is -2.63. The molecule has 1 aliphatic carbocycles. The van der Waals surface area contributed by atoms with Gasteiger partial charge in [-0.3, -0.25) is 4.79 Å². The molecule has 0 radical (unpaired) electrons. The van der Waals surface area contributed by atoms with Gasteiger partial charge in [-0.05, 0) is 6.92 Å². The van der Waals surface area contributed by atoms with E-state index in [1.165, 1.54) is 14.2 Å². The van der Waals surface area contributed by atoms with Crippen LogP contribution >= 0.6 is 0 Å². The third-order valence-electron chi connectivity index (χ3n) is 4.95. The second kappa shape index (κ2) is 11.0. The maximum absolute atomic E-state index is 10.8. The molecule has 1 heterocycles. The summed E-state index contributed by atoms with van der Waals surface area (Å²) in [5.41, 5.74) is 0. The highest BCUT2D eigenvalue weighted by Gasteiger charge is 2.51. The zero-order valence-electron chi connectivity index (χ0n) is 15.9. The maximum atomic E-state index is 10.8. The topological polar surface area (TPSA) is 182 Å². The van der Waals surface area contributed by atoms with Crippen molar-refractivity contribution >= 4 is 17.8 Å². The van der Waals surface area contributed by atoms with Crippen LogP contribution in [0.25, 0.3) is 0 Å². The van der Waals surface area contributed by atoms with E-state index in [0.717, 1.165) is 0 Å². The quantitative estimate of drug-likeness (QED) is 0.144. The molecule has 1 aliphatic heterocycles. The van der Waals surface area contributed by atoms with E-state index in [1.54, 1.807) is 6.92 Å². The van der Waals surface area contributed by atoms with Gasteiger partial charge in [-0.2, -0.15) is 0 Å². The number of ether oxygens (including phenoxy) is 5. The van der Waals surface area contributed by atoms with Crippen LogP contribution in [0.5, 0.6) is 0 Å². The Balaban J connectivity index is 2.18. The van der Waals surface area contributed by atoms with Crippen molar-refractivity contribution in [3.63, 3.8) is 0 Å². The molecule has 1 saturated heterocycles. The van der Waals surface area contributed by atoms with Crippen molar-refractivity contribution in [1.82, 2.24) is 0 Å². The predicted octanol–water partition coefficient (Wildman–Crippen LogP) is -2.71. The summed E-state index contributed by atoms with van der Waals surface area (Å²) >= 11 is -3.02. The van der Waals surface area contributed by atoms with Crippen LogP contribution in [0.1, 0.15) is 13.3 Å². The Morgan fingerprint density at radius 1 is 1.03 bits per heavy atom. The van der Waals surface area contributed by atoms with Gasteiger partial charge in [0.05, 0.1) is 12.2 Å². The van der Waals surface area contributed by atoms with Crippen LogP contribution in [0.3, 0.4) is 0 Å². The van der Waals surface area contributed by atoms with E-state index in [1.807, 2.05) is 0 Å². The summed E-state index contributed by atoms with van der Waals surface area (Å²) in [6.45, 7) is 1.71. The molecular formula is C15H25O13S-. The highest BCUT2D eigenvalue weighted by Crippen LogP contribution is 2.32. The molecule has 14 heteroatoms. The summed E-state index contributed by atoms with van der Waals surface area (Å²) in [6, 6.07) is 0. The molecule has 13 nitrogen and oxygen atoms in total. The summed E-state index contributed by atoms with van der Waals surface area (Å²) in [6.07, 6.45) is -12.1. The molecule has 2 rings (SSSR count). The van der Waals surface area contributed by atoms with Gasteiger partial charge in [-0.1, -0.05) is 0 Å². The van der Waals surface area contributed by atoms with E-state index in [9.17, 15) is 28.9 Å². The summed E-state index contributed by atoms with van der Waals surface area (Å²) in [5, 5.41) is 31.1. The Kier molecular flexibility index (Phi) is 9.30. The molecule has 170 valence electrons. The largest absolute Gasteiger partial charge is 0.748 e. The van der Waals surface area contributed by atoms with Crippen LogP contribution in [-0.4, -0.2) is 106 Å². The highest BCUT2D eigenvalue weighted by atomic mass is 32.2. The lowest BCUT2D eigenvalue weighted by molar-refractivity contribution is -0.373. The molecule has 11 unspecified atom stereocenters. The number of aliphatic hydroxyl groups is 3. The minimum absolute atomic E-state index is 0.00933. The minimum atomic E-state index is -3.02. The first-order valence-electron chi connectivity index (χ1n) is 8.68. The van der Waals surface area contributed by atoms with Crippen molar-refractivity contribution in [2.24, 2.45) is 0 Å². The predicted molar refractivity (Wildman–Crippen MR) is 89.3 cm³/mol. The van der Waals surface area contributed by atoms with Crippen LogP contribution in [0, 0.1) is 0 Å². The van der Waals surface area contributed by atoms with Gasteiger partial charge in [-0.25, -0.2) is 9.10 Å². The van der Waals surface area contributed by atoms with E-state index in [0.29, 0.717) is 0 Å². The van der Waals surface area contributed by atoms with E-state index in [-0.39, 0.29) is 12.9 Å². The van der Waals surface area contributed by atoms with E-state index < -0.39 is 72.6 Å². The van der Waals surface area contributed by atoms with Crippen molar-refractivity contribution in [2.45, 2.75) is 74.6 Å². The van der Waals surface area contributed by atoms with E-state index >= 15 is 0 Å². The maximum Gasteiger partial charge on any atom is 0.293 e. The SMILES string of the molecule is COC1CC(OC=O)C(OC2OC(C)C(OC)C(OOS(=O)[O-])C2O)C(O)C1O. The van der Waals surface area contributed by atoms with Gasteiger partial charge < -0.3 is 43.6 Å².